The lowest BCUT2D eigenvalue weighted by atomic mass is 10.1. The van der Waals surface area contributed by atoms with E-state index >= 15 is 0 Å². The fourth-order valence-electron chi connectivity index (χ4n) is 3.13. The van der Waals surface area contributed by atoms with Gasteiger partial charge in [0.05, 0.1) is 22.9 Å². The van der Waals surface area contributed by atoms with Crippen LogP contribution in [0.15, 0.2) is 61.1 Å². The molecule has 0 spiro atoms. The lowest BCUT2D eigenvalue weighted by Crippen LogP contribution is -2.23. The molecule has 2 heterocycles. The first-order chi connectivity index (χ1) is 14.3. The molecule has 154 valence electrons. The van der Waals surface area contributed by atoms with Crippen molar-refractivity contribution < 1.29 is 18.0 Å². The second-order valence-electron chi connectivity index (χ2n) is 6.81. The number of nitrogens with one attached hydrogen (secondary N) is 1. The Balaban J connectivity index is 1.45. The van der Waals surface area contributed by atoms with Crippen molar-refractivity contribution in [2.24, 2.45) is 0 Å². The highest BCUT2D eigenvalue weighted by molar-refractivity contribution is 7.15. The minimum atomic E-state index is -4.38. The average Bonchev–Trinajstić information content (AvgIpc) is 3.34. The minimum absolute atomic E-state index is 0.252. The summed E-state index contributed by atoms with van der Waals surface area (Å²) in [5, 5.41) is 3.18. The molecule has 0 radical (unpaired) electrons. The molecule has 30 heavy (non-hydrogen) atoms. The average molecular weight is 430 g/mol. The first kappa shape index (κ1) is 20.1. The normalized spacial score (nSPS) is 12.8. The Morgan fingerprint density at radius 3 is 2.77 bits per heavy atom. The van der Waals surface area contributed by atoms with Gasteiger partial charge in [-0.15, -0.1) is 11.3 Å². The Morgan fingerprint density at radius 2 is 1.97 bits per heavy atom. The zero-order chi connectivity index (χ0) is 21.3. The van der Waals surface area contributed by atoms with Gasteiger partial charge in [0.25, 0.3) is 0 Å². The standard InChI is InChI=1S/C21H17F3N4OS/c1-13(28-12-26-17-7-2-3-8-18(17)28)19(29)27-20-25-11-16(30-20)10-14-5-4-6-15(9-14)21(22,23)24/h2-9,11-13H,10H2,1H3,(H,25,27,29). The van der Waals surface area contributed by atoms with Crippen LogP contribution in [0.2, 0.25) is 0 Å². The Hall–Kier alpha value is -3.20. The van der Waals surface area contributed by atoms with Gasteiger partial charge < -0.3 is 9.88 Å². The van der Waals surface area contributed by atoms with Crippen LogP contribution >= 0.6 is 11.3 Å². The number of nitrogens with zero attached hydrogens (tertiary/aromatic N) is 3. The largest absolute Gasteiger partial charge is 0.416 e. The molecule has 0 aliphatic carbocycles. The molecule has 0 fully saturated rings. The number of carbonyl (C=O) groups excluding carboxylic acids is 1. The van der Waals surface area contributed by atoms with Crippen molar-refractivity contribution in [3.8, 4) is 0 Å². The number of fused-ring (bicyclic) bond motifs is 1. The van der Waals surface area contributed by atoms with E-state index in [0.717, 1.165) is 28.0 Å². The van der Waals surface area contributed by atoms with Crippen molar-refractivity contribution in [1.29, 1.82) is 0 Å². The number of halogens is 3. The third kappa shape index (κ3) is 4.20. The van der Waals surface area contributed by atoms with Crippen LogP contribution in [-0.4, -0.2) is 20.4 Å². The fraction of sp³-hybridized carbons (Fsp3) is 0.190. The maximum absolute atomic E-state index is 12.9. The molecule has 0 aliphatic rings. The third-order valence-corrected chi connectivity index (χ3v) is 5.61. The molecule has 0 saturated carbocycles. The van der Waals surface area contributed by atoms with Crippen LogP contribution < -0.4 is 5.32 Å². The summed E-state index contributed by atoms with van der Waals surface area (Å²) < 4.78 is 40.4. The number of anilines is 1. The van der Waals surface area contributed by atoms with E-state index in [1.807, 2.05) is 24.3 Å². The molecule has 1 amide bonds. The fourth-order valence-corrected chi connectivity index (χ4v) is 3.98. The highest BCUT2D eigenvalue weighted by atomic mass is 32.1. The van der Waals surface area contributed by atoms with Gasteiger partial charge in [0.2, 0.25) is 5.91 Å². The Bertz CT molecular complexity index is 1200. The zero-order valence-electron chi connectivity index (χ0n) is 15.8. The molecular weight excluding hydrogens is 413 g/mol. The SMILES string of the molecule is CC(C(=O)Nc1ncc(Cc2cccc(C(F)(F)F)c2)s1)n1cnc2ccccc21. The summed E-state index contributed by atoms with van der Waals surface area (Å²) in [6.45, 7) is 1.76. The van der Waals surface area contributed by atoms with E-state index in [0.29, 0.717) is 17.1 Å². The lowest BCUT2D eigenvalue weighted by Gasteiger charge is -2.13. The Kier molecular flexibility index (Phi) is 5.29. The smallest absolute Gasteiger partial charge is 0.318 e. The van der Waals surface area contributed by atoms with E-state index < -0.39 is 17.8 Å². The van der Waals surface area contributed by atoms with Crippen LogP contribution in [0, 0.1) is 0 Å². The highest BCUT2D eigenvalue weighted by Gasteiger charge is 2.30. The summed E-state index contributed by atoms with van der Waals surface area (Å²) in [5.41, 5.74) is 1.50. The Morgan fingerprint density at radius 1 is 1.17 bits per heavy atom. The number of hydrogen-bond acceptors (Lipinski definition) is 4. The molecule has 4 rings (SSSR count). The second kappa shape index (κ2) is 7.91. The predicted octanol–water partition coefficient (Wildman–Crippen LogP) is 5.30. The van der Waals surface area contributed by atoms with E-state index in [1.165, 1.54) is 17.4 Å². The van der Waals surface area contributed by atoms with Gasteiger partial charge in [-0.2, -0.15) is 13.2 Å². The molecule has 1 atom stereocenters. The number of benzene rings is 2. The number of hydrogen-bond donors (Lipinski definition) is 1. The molecule has 2 aromatic heterocycles. The number of rotatable bonds is 5. The van der Waals surface area contributed by atoms with Gasteiger partial charge in [-0.3, -0.25) is 4.79 Å². The molecule has 5 nitrogen and oxygen atoms in total. The molecule has 0 saturated heterocycles. The van der Waals surface area contributed by atoms with Gasteiger partial charge in [-0.25, -0.2) is 9.97 Å². The number of aromatic nitrogens is 3. The summed E-state index contributed by atoms with van der Waals surface area (Å²) in [6, 6.07) is 12.2. The highest BCUT2D eigenvalue weighted by Crippen LogP contribution is 2.30. The van der Waals surface area contributed by atoms with Crippen molar-refractivity contribution in [3.05, 3.63) is 77.1 Å². The Labute approximate surface area is 174 Å². The predicted molar refractivity (Wildman–Crippen MR) is 109 cm³/mol. The van der Waals surface area contributed by atoms with Crippen molar-refractivity contribution in [1.82, 2.24) is 14.5 Å². The first-order valence-corrected chi connectivity index (χ1v) is 9.96. The monoisotopic (exact) mass is 430 g/mol. The molecule has 0 aliphatic heterocycles. The topological polar surface area (TPSA) is 59.8 Å². The quantitative estimate of drug-likeness (QED) is 0.467. The van der Waals surface area contributed by atoms with Crippen LogP contribution in [-0.2, 0) is 17.4 Å². The second-order valence-corrected chi connectivity index (χ2v) is 7.93. The van der Waals surface area contributed by atoms with Gasteiger partial charge in [0.1, 0.15) is 6.04 Å². The number of imidazole rings is 1. The van der Waals surface area contributed by atoms with Crippen molar-refractivity contribution in [2.75, 3.05) is 5.32 Å². The number of alkyl halides is 3. The molecule has 1 unspecified atom stereocenters. The zero-order valence-corrected chi connectivity index (χ0v) is 16.7. The summed E-state index contributed by atoms with van der Waals surface area (Å²) in [6.07, 6.45) is -0.886. The van der Waals surface area contributed by atoms with Crippen LogP contribution in [0.25, 0.3) is 11.0 Å². The van der Waals surface area contributed by atoms with Gasteiger partial charge >= 0.3 is 6.18 Å². The van der Waals surface area contributed by atoms with Gasteiger partial charge in [0, 0.05) is 17.5 Å². The molecule has 2 aromatic carbocycles. The number of para-hydroxylation sites is 2. The molecule has 9 heteroatoms. The van der Waals surface area contributed by atoms with E-state index in [-0.39, 0.29) is 5.91 Å². The molecular formula is C21H17F3N4OS. The van der Waals surface area contributed by atoms with Gasteiger partial charge in [-0.05, 0) is 30.7 Å². The van der Waals surface area contributed by atoms with E-state index in [1.54, 1.807) is 30.1 Å². The molecule has 1 N–H and O–H groups in total. The number of amides is 1. The van der Waals surface area contributed by atoms with E-state index in [4.69, 9.17) is 0 Å². The van der Waals surface area contributed by atoms with Crippen molar-refractivity contribution >= 4 is 33.4 Å². The maximum atomic E-state index is 12.9. The third-order valence-electron chi connectivity index (χ3n) is 4.69. The summed E-state index contributed by atoms with van der Waals surface area (Å²) >= 11 is 1.24. The van der Waals surface area contributed by atoms with Crippen molar-refractivity contribution in [3.63, 3.8) is 0 Å². The van der Waals surface area contributed by atoms with Crippen LogP contribution in [0.5, 0.6) is 0 Å². The molecule has 0 bridgehead atoms. The van der Waals surface area contributed by atoms with Gasteiger partial charge in [-0.1, -0.05) is 30.3 Å². The van der Waals surface area contributed by atoms with Crippen LogP contribution in [0.3, 0.4) is 0 Å². The van der Waals surface area contributed by atoms with Gasteiger partial charge in [0.15, 0.2) is 5.13 Å². The van der Waals surface area contributed by atoms with Crippen LogP contribution in [0.1, 0.15) is 29.0 Å². The summed E-state index contributed by atoms with van der Waals surface area (Å²) in [4.78, 5) is 21.9. The minimum Gasteiger partial charge on any atom is -0.318 e. The van der Waals surface area contributed by atoms with E-state index in [2.05, 4.69) is 15.3 Å². The number of thiazole rings is 1. The lowest BCUT2D eigenvalue weighted by molar-refractivity contribution is -0.137. The van der Waals surface area contributed by atoms with Crippen molar-refractivity contribution in [2.45, 2.75) is 25.6 Å². The summed E-state index contributed by atoms with van der Waals surface area (Å²) in [7, 11) is 0. The summed E-state index contributed by atoms with van der Waals surface area (Å²) in [5.74, 6) is -0.252. The number of carbonyl (C=O) groups is 1. The first-order valence-electron chi connectivity index (χ1n) is 9.14. The molecule has 4 aromatic rings. The van der Waals surface area contributed by atoms with E-state index in [9.17, 15) is 18.0 Å². The van der Waals surface area contributed by atoms with Crippen LogP contribution in [0.4, 0.5) is 18.3 Å². The maximum Gasteiger partial charge on any atom is 0.416 e.